The quantitative estimate of drug-likeness (QED) is 0.816. The summed E-state index contributed by atoms with van der Waals surface area (Å²) in [5, 5.41) is 2.97. The zero-order valence-corrected chi connectivity index (χ0v) is 14.3. The van der Waals surface area contributed by atoms with Gasteiger partial charge in [0.05, 0.1) is 0 Å². The number of rotatable bonds is 4. The molecule has 3 rings (SSSR count). The zero-order valence-electron chi connectivity index (χ0n) is 14.3. The van der Waals surface area contributed by atoms with E-state index >= 15 is 0 Å². The molecule has 0 aromatic carbocycles. The van der Waals surface area contributed by atoms with Crippen molar-refractivity contribution in [1.29, 1.82) is 0 Å². The van der Waals surface area contributed by atoms with Gasteiger partial charge in [-0.1, -0.05) is 6.92 Å². The van der Waals surface area contributed by atoms with Crippen molar-refractivity contribution in [2.75, 3.05) is 18.0 Å². The van der Waals surface area contributed by atoms with Crippen molar-refractivity contribution in [2.24, 2.45) is 7.05 Å². The number of carbonyl (C=O) groups excluding carboxylic acids is 1. The van der Waals surface area contributed by atoms with Gasteiger partial charge in [-0.3, -0.25) is 24.1 Å². The lowest BCUT2D eigenvalue weighted by molar-refractivity contribution is 0.0935. The highest BCUT2D eigenvalue weighted by Crippen LogP contribution is 2.16. The SMILES string of the molecule is CCc1ccnc(C(=O)NC2CCN(c3cc(=O)n(C)c(=O)[nH]3)C2)c1. The van der Waals surface area contributed by atoms with Crippen LogP contribution in [0.3, 0.4) is 0 Å². The van der Waals surface area contributed by atoms with Crippen molar-refractivity contribution in [3.8, 4) is 0 Å². The number of anilines is 1. The molecule has 25 heavy (non-hydrogen) atoms. The highest BCUT2D eigenvalue weighted by molar-refractivity contribution is 5.92. The lowest BCUT2D eigenvalue weighted by Gasteiger charge is -2.18. The van der Waals surface area contributed by atoms with E-state index in [4.69, 9.17) is 0 Å². The van der Waals surface area contributed by atoms with Gasteiger partial charge in [-0.25, -0.2) is 4.79 Å². The van der Waals surface area contributed by atoms with E-state index < -0.39 is 5.69 Å². The smallest absolute Gasteiger partial charge is 0.329 e. The Morgan fingerprint density at radius 2 is 2.20 bits per heavy atom. The molecule has 0 bridgehead atoms. The molecule has 0 aliphatic carbocycles. The highest BCUT2D eigenvalue weighted by Gasteiger charge is 2.25. The summed E-state index contributed by atoms with van der Waals surface area (Å²) >= 11 is 0. The standard InChI is InChI=1S/C17H21N5O3/c1-3-11-4-6-18-13(8-11)16(24)19-12-5-7-22(10-12)14-9-15(23)21(2)17(25)20-14/h4,6,8-9,12H,3,5,7,10H2,1-2H3,(H,19,24)(H,20,25). The van der Waals surface area contributed by atoms with Crippen LogP contribution in [0.2, 0.25) is 0 Å². The average molecular weight is 343 g/mol. The number of nitrogens with one attached hydrogen (secondary N) is 2. The van der Waals surface area contributed by atoms with Crippen LogP contribution >= 0.6 is 0 Å². The Balaban J connectivity index is 1.68. The number of pyridine rings is 1. The molecule has 0 radical (unpaired) electrons. The number of aryl methyl sites for hydroxylation is 1. The van der Waals surface area contributed by atoms with Crippen LogP contribution in [-0.2, 0) is 13.5 Å². The molecule has 2 aromatic heterocycles. The molecule has 1 fully saturated rings. The minimum Gasteiger partial charge on any atom is -0.356 e. The summed E-state index contributed by atoms with van der Waals surface area (Å²) in [7, 11) is 1.43. The number of H-pyrrole nitrogens is 1. The molecular weight excluding hydrogens is 322 g/mol. The molecule has 132 valence electrons. The molecule has 2 aromatic rings. The highest BCUT2D eigenvalue weighted by atomic mass is 16.2. The first-order chi connectivity index (χ1) is 12.0. The molecule has 1 saturated heterocycles. The fourth-order valence-corrected chi connectivity index (χ4v) is 2.89. The second-order valence-corrected chi connectivity index (χ2v) is 6.16. The van der Waals surface area contributed by atoms with Crippen molar-refractivity contribution in [2.45, 2.75) is 25.8 Å². The average Bonchev–Trinajstić information content (AvgIpc) is 3.07. The number of hydrogen-bond donors (Lipinski definition) is 2. The first kappa shape index (κ1) is 16.9. The van der Waals surface area contributed by atoms with Crippen molar-refractivity contribution in [3.63, 3.8) is 0 Å². The summed E-state index contributed by atoms with van der Waals surface area (Å²) in [4.78, 5) is 44.5. The first-order valence-electron chi connectivity index (χ1n) is 8.29. The maximum Gasteiger partial charge on any atom is 0.329 e. The summed E-state index contributed by atoms with van der Waals surface area (Å²) in [6, 6.07) is 5.02. The Morgan fingerprint density at radius 3 is 2.92 bits per heavy atom. The van der Waals surface area contributed by atoms with Crippen molar-refractivity contribution in [1.82, 2.24) is 19.9 Å². The minimum atomic E-state index is -0.449. The molecule has 0 saturated carbocycles. The molecule has 1 atom stereocenters. The van der Waals surface area contributed by atoms with Gasteiger partial charge in [0.1, 0.15) is 11.5 Å². The molecule has 1 unspecified atom stereocenters. The van der Waals surface area contributed by atoms with Gasteiger partial charge in [-0.05, 0) is 30.5 Å². The third kappa shape index (κ3) is 3.62. The van der Waals surface area contributed by atoms with Crippen LogP contribution < -0.4 is 21.5 Å². The molecular formula is C17H21N5O3. The summed E-state index contributed by atoms with van der Waals surface area (Å²) in [6.07, 6.45) is 3.21. The van der Waals surface area contributed by atoms with Gasteiger partial charge in [0.2, 0.25) is 0 Å². The Hall–Kier alpha value is -2.90. The molecule has 1 aliphatic rings. The van der Waals surface area contributed by atoms with E-state index in [2.05, 4.69) is 15.3 Å². The van der Waals surface area contributed by atoms with E-state index in [0.717, 1.165) is 23.0 Å². The molecule has 0 spiro atoms. The van der Waals surface area contributed by atoms with Crippen LogP contribution in [0.5, 0.6) is 0 Å². The maximum atomic E-state index is 12.4. The number of aromatic amines is 1. The Labute approximate surface area is 144 Å². The number of aromatic nitrogens is 3. The molecule has 8 heteroatoms. The Kier molecular flexibility index (Phi) is 4.69. The third-order valence-electron chi connectivity index (χ3n) is 4.46. The fraction of sp³-hybridized carbons (Fsp3) is 0.412. The van der Waals surface area contributed by atoms with E-state index in [1.807, 2.05) is 17.9 Å². The van der Waals surface area contributed by atoms with Crippen LogP contribution in [0, 0.1) is 0 Å². The largest absolute Gasteiger partial charge is 0.356 e. The lowest BCUT2D eigenvalue weighted by Crippen LogP contribution is -2.39. The zero-order chi connectivity index (χ0) is 18.0. The number of nitrogens with zero attached hydrogens (tertiary/aromatic N) is 3. The molecule has 2 N–H and O–H groups in total. The van der Waals surface area contributed by atoms with E-state index in [-0.39, 0.29) is 17.5 Å². The fourth-order valence-electron chi connectivity index (χ4n) is 2.89. The van der Waals surface area contributed by atoms with Crippen molar-refractivity contribution >= 4 is 11.7 Å². The topological polar surface area (TPSA) is 100 Å². The van der Waals surface area contributed by atoms with E-state index in [1.54, 1.807) is 12.3 Å². The summed E-state index contributed by atoms with van der Waals surface area (Å²) in [5.74, 6) is 0.274. The molecule has 8 nitrogen and oxygen atoms in total. The van der Waals surface area contributed by atoms with Crippen molar-refractivity contribution < 1.29 is 4.79 Å². The second-order valence-electron chi connectivity index (χ2n) is 6.16. The Morgan fingerprint density at radius 1 is 1.40 bits per heavy atom. The maximum absolute atomic E-state index is 12.4. The number of hydrogen-bond acceptors (Lipinski definition) is 5. The summed E-state index contributed by atoms with van der Waals surface area (Å²) in [6.45, 7) is 3.20. The third-order valence-corrected chi connectivity index (χ3v) is 4.46. The van der Waals surface area contributed by atoms with Gasteiger partial charge >= 0.3 is 5.69 Å². The van der Waals surface area contributed by atoms with Gasteiger partial charge in [0.15, 0.2) is 0 Å². The van der Waals surface area contributed by atoms with E-state index in [9.17, 15) is 14.4 Å². The van der Waals surface area contributed by atoms with Gasteiger partial charge in [0.25, 0.3) is 11.5 Å². The first-order valence-corrected chi connectivity index (χ1v) is 8.29. The van der Waals surface area contributed by atoms with Crippen LogP contribution in [0.4, 0.5) is 5.82 Å². The second kappa shape index (κ2) is 6.92. The van der Waals surface area contributed by atoms with Crippen LogP contribution in [0.25, 0.3) is 0 Å². The minimum absolute atomic E-state index is 0.0628. The number of amides is 1. The Bertz CT molecular complexity index is 870. The van der Waals surface area contributed by atoms with Gasteiger partial charge < -0.3 is 10.2 Å². The van der Waals surface area contributed by atoms with Gasteiger partial charge in [0, 0.05) is 38.4 Å². The predicted octanol–water partition coefficient (Wildman–Crippen LogP) is 0.0397. The molecule has 1 amide bonds. The summed E-state index contributed by atoms with van der Waals surface area (Å²) < 4.78 is 1.02. The van der Waals surface area contributed by atoms with E-state index in [1.165, 1.54) is 13.1 Å². The van der Waals surface area contributed by atoms with E-state index in [0.29, 0.717) is 24.6 Å². The summed E-state index contributed by atoms with van der Waals surface area (Å²) in [5.41, 5.74) is 0.660. The van der Waals surface area contributed by atoms with Crippen LogP contribution in [-0.4, -0.2) is 39.6 Å². The van der Waals surface area contributed by atoms with Gasteiger partial charge in [-0.2, -0.15) is 0 Å². The normalized spacial score (nSPS) is 16.9. The number of carbonyl (C=O) groups is 1. The molecule has 3 heterocycles. The lowest BCUT2D eigenvalue weighted by atomic mass is 10.1. The van der Waals surface area contributed by atoms with Crippen molar-refractivity contribution in [3.05, 3.63) is 56.5 Å². The van der Waals surface area contributed by atoms with Crippen LogP contribution in [0.1, 0.15) is 29.4 Å². The molecule has 1 aliphatic heterocycles. The van der Waals surface area contributed by atoms with Gasteiger partial charge in [-0.15, -0.1) is 0 Å². The predicted molar refractivity (Wildman–Crippen MR) is 94.0 cm³/mol. The monoisotopic (exact) mass is 343 g/mol. The van der Waals surface area contributed by atoms with Crippen LogP contribution in [0.15, 0.2) is 34.0 Å².